The lowest BCUT2D eigenvalue weighted by molar-refractivity contribution is 1.56. The molecule has 0 nitrogen and oxygen atoms in total. The van der Waals surface area contributed by atoms with Crippen LogP contribution in [0.3, 0.4) is 0 Å². The van der Waals surface area contributed by atoms with E-state index in [2.05, 4.69) is 72.1 Å². The van der Waals surface area contributed by atoms with E-state index in [9.17, 15) is 0 Å². The van der Waals surface area contributed by atoms with Gasteiger partial charge in [-0.2, -0.15) is 0 Å². The van der Waals surface area contributed by atoms with Crippen molar-refractivity contribution in [2.24, 2.45) is 0 Å². The van der Waals surface area contributed by atoms with Crippen LogP contribution in [0.5, 0.6) is 0 Å². The molecule has 0 saturated carbocycles. The summed E-state index contributed by atoms with van der Waals surface area (Å²) in [6, 6.07) is 21.2. The molecule has 1 aliphatic rings. The summed E-state index contributed by atoms with van der Waals surface area (Å²) in [5, 5.41) is 2.25. The van der Waals surface area contributed by atoms with Crippen molar-refractivity contribution in [3.63, 3.8) is 0 Å². The highest BCUT2D eigenvalue weighted by atomic mass is 32.2. The first-order valence-corrected chi connectivity index (χ1v) is 7.11. The van der Waals surface area contributed by atoms with E-state index in [0.717, 1.165) is 5.75 Å². The maximum atomic E-state index is 2.31. The van der Waals surface area contributed by atoms with Gasteiger partial charge in [-0.15, -0.1) is 11.8 Å². The molecule has 0 saturated heterocycles. The van der Waals surface area contributed by atoms with Crippen molar-refractivity contribution < 1.29 is 0 Å². The number of hydrogen-bond donors (Lipinski definition) is 0. The van der Waals surface area contributed by atoms with Crippen LogP contribution >= 0.6 is 11.8 Å². The molecule has 0 N–H and O–H groups in total. The largest absolute Gasteiger partial charge is 0.129 e. The summed E-state index contributed by atoms with van der Waals surface area (Å²) >= 11 is 1.87. The molecule has 0 amide bonds. The monoisotopic (exact) mass is 250 g/mol. The molecule has 3 rings (SSSR count). The standard InChI is InChI=1S/C17H14S/c1-3-7-14(8-4-1)16-11-17(13-18-12-16)15-9-5-2-6-10-15/h1-12H,13H2. The Balaban J connectivity index is 1.95. The predicted octanol–water partition coefficient (Wildman–Crippen LogP) is 4.86. The Morgan fingerprint density at radius 2 is 1.33 bits per heavy atom. The van der Waals surface area contributed by atoms with Crippen LogP contribution in [0.15, 0.2) is 72.1 Å². The lowest BCUT2D eigenvalue weighted by atomic mass is 10.0. The van der Waals surface area contributed by atoms with Gasteiger partial charge < -0.3 is 0 Å². The van der Waals surface area contributed by atoms with E-state index in [1.54, 1.807) is 0 Å². The lowest BCUT2D eigenvalue weighted by Crippen LogP contribution is -1.93. The van der Waals surface area contributed by atoms with Crippen LogP contribution in [0.2, 0.25) is 0 Å². The molecule has 1 heteroatoms. The number of rotatable bonds is 2. The summed E-state index contributed by atoms with van der Waals surface area (Å²) in [7, 11) is 0. The third-order valence-electron chi connectivity index (χ3n) is 3.03. The maximum absolute atomic E-state index is 2.31. The van der Waals surface area contributed by atoms with E-state index in [0.29, 0.717) is 0 Å². The average molecular weight is 250 g/mol. The van der Waals surface area contributed by atoms with Crippen molar-refractivity contribution in [2.75, 3.05) is 5.75 Å². The quantitative estimate of drug-likeness (QED) is 0.733. The Morgan fingerprint density at radius 1 is 0.722 bits per heavy atom. The second-order valence-electron chi connectivity index (χ2n) is 4.29. The lowest BCUT2D eigenvalue weighted by Gasteiger charge is -2.14. The fraction of sp³-hybridized carbons (Fsp3) is 0.0588. The molecule has 0 bridgehead atoms. The van der Waals surface area contributed by atoms with E-state index >= 15 is 0 Å². The molecule has 0 spiro atoms. The zero-order valence-corrected chi connectivity index (χ0v) is 10.9. The van der Waals surface area contributed by atoms with Crippen molar-refractivity contribution in [3.05, 3.63) is 83.3 Å². The van der Waals surface area contributed by atoms with E-state index < -0.39 is 0 Å². The first-order valence-electron chi connectivity index (χ1n) is 6.07. The number of benzene rings is 2. The van der Waals surface area contributed by atoms with Crippen LogP contribution in [-0.2, 0) is 0 Å². The summed E-state index contributed by atoms with van der Waals surface area (Å²) in [5.41, 5.74) is 5.33. The van der Waals surface area contributed by atoms with Gasteiger partial charge in [0.2, 0.25) is 0 Å². The molecule has 0 aromatic heterocycles. The normalized spacial score (nSPS) is 14.9. The smallest absolute Gasteiger partial charge is 0.0232 e. The molecule has 2 aromatic carbocycles. The van der Waals surface area contributed by atoms with Gasteiger partial charge in [0, 0.05) is 5.75 Å². The molecule has 0 fully saturated rings. The number of hydrogen-bond acceptors (Lipinski definition) is 1. The average Bonchev–Trinajstić information content (AvgIpc) is 2.49. The molecular formula is C17H14S. The van der Waals surface area contributed by atoms with Crippen molar-refractivity contribution >= 4 is 22.9 Å². The minimum Gasteiger partial charge on any atom is -0.129 e. The van der Waals surface area contributed by atoms with Gasteiger partial charge in [0.1, 0.15) is 0 Å². The van der Waals surface area contributed by atoms with Crippen molar-refractivity contribution in [3.8, 4) is 0 Å². The van der Waals surface area contributed by atoms with Gasteiger partial charge in [-0.05, 0) is 33.8 Å². The van der Waals surface area contributed by atoms with Gasteiger partial charge >= 0.3 is 0 Å². The summed E-state index contributed by atoms with van der Waals surface area (Å²) < 4.78 is 0. The molecule has 88 valence electrons. The predicted molar refractivity (Wildman–Crippen MR) is 81.3 cm³/mol. The van der Waals surface area contributed by atoms with Crippen LogP contribution < -0.4 is 0 Å². The van der Waals surface area contributed by atoms with Crippen LogP contribution in [0.25, 0.3) is 11.1 Å². The van der Waals surface area contributed by atoms with Gasteiger partial charge in [0.15, 0.2) is 0 Å². The second-order valence-corrected chi connectivity index (χ2v) is 5.14. The number of thioether (sulfide) groups is 1. The topological polar surface area (TPSA) is 0 Å². The molecule has 1 aliphatic heterocycles. The molecular weight excluding hydrogens is 236 g/mol. The Kier molecular flexibility index (Phi) is 3.33. The van der Waals surface area contributed by atoms with Gasteiger partial charge in [-0.25, -0.2) is 0 Å². The van der Waals surface area contributed by atoms with E-state index in [1.807, 2.05) is 11.8 Å². The summed E-state index contributed by atoms with van der Waals surface area (Å²) in [4.78, 5) is 0. The van der Waals surface area contributed by atoms with E-state index in [-0.39, 0.29) is 0 Å². The molecule has 0 aliphatic carbocycles. The van der Waals surface area contributed by atoms with Crippen LogP contribution in [0.1, 0.15) is 11.1 Å². The van der Waals surface area contributed by atoms with Gasteiger partial charge in [-0.1, -0.05) is 60.7 Å². The zero-order chi connectivity index (χ0) is 12.2. The van der Waals surface area contributed by atoms with Crippen molar-refractivity contribution in [1.29, 1.82) is 0 Å². The van der Waals surface area contributed by atoms with Crippen LogP contribution in [0, 0.1) is 0 Å². The highest BCUT2D eigenvalue weighted by Gasteiger charge is 2.08. The highest BCUT2D eigenvalue weighted by Crippen LogP contribution is 2.32. The Hall–Kier alpha value is -1.73. The third-order valence-corrected chi connectivity index (χ3v) is 3.93. The molecule has 0 atom stereocenters. The fourth-order valence-corrected chi connectivity index (χ4v) is 2.98. The number of allylic oxidation sites excluding steroid dienone is 2. The minimum absolute atomic E-state index is 1.06. The zero-order valence-electron chi connectivity index (χ0n) is 10.0. The summed E-state index contributed by atoms with van der Waals surface area (Å²) in [5.74, 6) is 1.06. The molecule has 2 aromatic rings. The highest BCUT2D eigenvalue weighted by molar-refractivity contribution is 8.02. The van der Waals surface area contributed by atoms with Gasteiger partial charge in [-0.3, -0.25) is 0 Å². The molecule has 18 heavy (non-hydrogen) atoms. The first kappa shape index (κ1) is 11.4. The Morgan fingerprint density at radius 3 is 2.00 bits per heavy atom. The Labute approximate surface area is 112 Å². The van der Waals surface area contributed by atoms with E-state index in [1.165, 1.54) is 22.3 Å². The maximum Gasteiger partial charge on any atom is 0.0232 e. The van der Waals surface area contributed by atoms with E-state index in [4.69, 9.17) is 0 Å². The van der Waals surface area contributed by atoms with Crippen molar-refractivity contribution in [1.82, 2.24) is 0 Å². The third kappa shape index (κ3) is 2.41. The summed E-state index contributed by atoms with van der Waals surface area (Å²) in [6.07, 6.45) is 2.31. The van der Waals surface area contributed by atoms with Crippen molar-refractivity contribution in [2.45, 2.75) is 0 Å². The van der Waals surface area contributed by atoms with Gasteiger partial charge in [0.25, 0.3) is 0 Å². The van der Waals surface area contributed by atoms with Crippen LogP contribution in [-0.4, -0.2) is 5.75 Å². The first-order chi connectivity index (χ1) is 8.93. The SMILES string of the molecule is C1=C(c2ccccc2)C=C(c2ccccc2)CS1. The van der Waals surface area contributed by atoms with Crippen LogP contribution in [0.4, 0.5) is 0 Å². The summed E-state index contributed by atoms with van der Waals surface area (Å²) in [6.45, 7) is 0. The molecule has 0 radical (unpaired) electrons. The Bertz CT molecular complexity index is 580. The van der Waals surface area contributed by atoms with Gasteiger partial charge in [0.05, 0.1) is 0 Å². The second kappa shape index (κ2) is 5.28. The molecule has 1 heterocycles. The minimum atomic E-state index is 1.06. The molecule has 0 unspecified atom stereocenters. The fourth-order valence-electron chi connectivity index (χ4n) is 2.09.